The van der Waals surface area contributed by atoms with Gasteiger partial charge in [0.05, 0.1) is 0 Å². The van der Waals surface area contributed by atoms with Gasteiger partial charge in [-0.05, 0) is 30.9 Å². The van der Waals surface area contributed by atoms with E-state index < -0.39 is 5.41 Å². The Hall–Kier alpha value is -0.206. The SMILES string of the molecule is [CH2-]C1(C(=O)[N-]C)CCc2ccc(C)cc2CC1.[Y]. The molecule has 0 aromatic heterocycles. The standard InChI is InChI=1S/C15H20NO.Y/c1-11-4-5-12-6-8-15(2,14(17)16-3)9-7-13(12)10-11;/h4-5,10H,2,6-9H2,1,3H3,(H,16,17);/q-1;/p-1. The van der Waals surface area contributed by atoms with Crippen LogP contribution in [0.1, 0.15) is 29.5 Å². The van der Waals surface area contributed by atoms with Gasteiger partial charge in [0, 0.05) is 38.6 Å². The van der Waals surface area contributed by atoms with E-state index in [2.05, 4.69) is 37.4 Å². The van der Waals surface area contributed by atoms with E-state index in [1.807, 2.05) is 0 Å². The monoisotopic (exact) mass is 318 g/mol. The number of carbonyl (C=O) groups is 1. The van der Waals surface area contributed by atoms with Crippen molar-refractivity contribution in [2.45, 2.75) is 32.6 Å². The predicted molar refractivity (Wildman–Crippen MR) is 69.9 cm³/mol. The first-order valence-corrected chi connectivity index (χ1v) is 6.13. The number of fused-ring (bicyclic) bond motifs is 1. The van der Waals surface area contributed by atoms with E-state index >= 15 is 0 Å². The number of amides is 1. The van der Waals surface area contributed by atoms with E-state index in [0.717, 1.165) is 25.7 Å². The van der Waals surface area contributed by atoms with Gasteiger partial charge in [0.25, 0.3) is 0 Å². The predicted octanol–water partition coefficient (Wildman–Crippen LogP) is 3.22. The second-order valence-electron chi connectivity index (χ2n) is 5.08. The van der Waals surface area contributed by atoms with Crippen molar-refractivity contribution >= 4 is 5.91 Å². The van der Waals surface area contributed by atoms with Crippen LogP contribution in [-0.4, -0.2) is 13.0 Å². The molecule has 1 aliphatic rings. The first-order chi connectivity index (χ1) is 8.05. The molecule has 0 bridgehead atoms. The van der Waals surface area contributed by atoms with Crippen molar-refractivity contribution in [2.75, 3.05) is 7.05 Å². The number of hydrogen-bond acceptors (Lipinski definition) is 1. The fraction of sp³-hybridized carbons (Fsp3) is 0.467. The van der Waals surface area contributed by atoms with E-state index in [1.54, 1.807) is 7.05 Å². The van der Waals surface area contributed by atoms with Crippen LogP contribution in [0.3, 0.4) is 0 Å². The average Bonchev–Trinajstić information content (AvgIpc) is 2.49. The number of hydrogen-bond donors (Lipinski definition) is 0. The maximum atomic E-state index is 11.8. The molecule has 1 radical (unpaired) electrons. The molecule has 2 nitrogen and oxygen atoms in total. The molecular formula is C15H19NOY-2. The minimum Gasteiger partial charge on any atom is -0.658 e. The van der Waals surface area contributed by atoms with E-state index in [9.17, 15) is 4.79 Å². The number of carbonyl (C=O) groups excluding carboxylic acids is 1. The van der Waals surface area contributed by atoms with Crippen LogP contribution in [-0.2, 0) is 50.3 Å². The fourth-order valence-electron chi connectivity index (χ4n) is 2.56. The third-order valence-electron chi connectivity index (χ3n) is 3.76. The molecule has 0 fully saturated rings. The Morgan fingerprint density at radius 3 is 2.50 bits per heavy atom. The topological polar surface area (TPSA) is 31.2 Å². The minimum atomic E-state index is -0.512. The van der Waals surface area contributed by atoms with Gasteiger partial charge >= 0.3 is 0 Å². The van der Waals surface area contributed by atoms with Crippen LogP contribution in [0.5, 0.6) is 0 Å². The van der Waals surface area contributed by atoms with Crippen LogP contribution in [0.4, 0.5) is 0 Å². The molecule has 1 amide bonds. The summed E-state index contributed by atoms with van der Waals surface area (Å²) in [7, 11) is 1.57. The Bertz CT molecular complexity index is 444. The normalized spacial score (nSPS) is 22.4. The van der Waals surface area contributed by atoms with Crippen molar-refractivity contribution in [3.05, 3.63) is 47.1 Å². The van der Waals surface area contributed by atoms with Gasteiger partial charge in [0.1, 0.15) is 0 Å². The first-order valence-electron chi connectivity index (χ1n) is 6.13. The summed E-state index contributed by atoms with van der Waals surface area (Å²) in [6.45, 7) is 6.23. The zero-order valence-electron chi connectivity index (χ0n) is 11.2. The molecule has 1 aromatic carbocycles. The van der Waals surface area contributed by atoms with Gasteiger partial charge in [-0.15, -0.1) is 12.5 Å². The third kappa shape index (κ3) is 3.21. The molecule has 0 N–H and O–H groups in total. The number of benzene rings is 1. The van der Waals surface area contributed by atoms with Crippen molar-refractivity contribution in [3.8, 4) is 0 Å². The summed E-state index contributed by atoms with van der Waals surface area (Å²) >= 11 is 0. The zero-order chi connectivity index (χ0) is 12.5. The van der Waals surface area contributed by atoms with Crippen LogP contribution in [0.15, 0.2) is 18.2 Å². The molecule has 2 rings (SSSR count). The second-order valence-corrected chi connectivity index (χ2v) is 5.08. The van der Waals surface area contributed by atoms with Gasteiger partial charge in [0.2, 0.25) is 0 Å². The largest absolute Gasteiger partial charge is 0.658 e. The van der Waals surface area contributed by atoms with E-state index in [4.69, 9.17) is 0 Å². The van der Waals surface area contributed by atoms with E-state index in [-0.39, 0.29) is 38.6 Å². The summed E-state index contributed by atoms with van der Waals surface area (Å²) in [5.74, 6) is -0.0537. The first kappa shape index (κ1) is 15.9. The summed E-state index contributed by atoms with van der Waals surface area (Å²) in [5, 5.41) is 3.80. The Morgan fingerprint density at radius 2 is 1.89 bits per heavy atom. The number of aryl methyl sites for hydroxylation is 3. The van der Waals surface area contributed by atoms with Crippen LogP contribution < -0.4 is 0 Å². The van der Waals surface area contributed by atoms with Crippen molar-refractivity contribution in [1.29, 1.82) is 0 Å². The van der Waals surface area contributed by atoms with Gasteiger partial charge in [-0.2, -0.15) is 0 Å². The Morgan fingerprint density at radius 1 is 1.28 bits per heavy atom. The molecule has 1 unspecified atom stereocenters. The molecule has 0 spiro atoms. The van der Waals surface area contributed by atoms with Crippen LogP contribution in [0.2, 0.25) is 0 Å². The average molecular weight is 318 g/mol. The molecule has 0 aliphatic heterocycles. The van der Waals surface area contributed by atoms with Crippen LogP contribution in [0, 0.1) is 19.3 Å². The Labute approximate surface area is 135 Å². The van der Waals surface area contributed by atoms with E-state index in [0.29, 0.717) is 0 Å². The minimum absolute atomic E-state index is 0. The summed E-state index contributed by atoms with van der Waals surface area (Å²) in [4.78, 5) is 11.8. The molecule has 3 heteroatoms. The van der Waals surface area contributed by atoms with Crippen molar-refractivity contribution in [1.82, 2.24) is 0 Å². The molecule has 18 heavy (non-hydrogen) atoms. The van der Waals surface area contributed by atoms with Crippen molar-refractivity contribution < 1.29 is 37.5 Å². The number of nitrogens with zero attached hydrogens (tertiary/aromatic N) is 1. The van der Waals surface area contributed by atoms with Gasteiger partial charge in [-0.3, -0.25) is 0 Å². The van der Waals surface area contributed by atoms with Gasteiger partial charge in [0.15, 0.2) is 0 Å². The Kier molecular flexibility index (Phi) is 5.54. The molecule has 1 aromatic rings. The number of rotatable bonds is 1. The van der Waals surface area contributed by atoms with Gasteiger partial charge in [-0.25, -0.2) is 0 Å². The molecule has 0 saturated heterocycles. The fourth-order valence-corrected chi connectivity index (χ4v) is 2.56. The molecule has 95 valence electrons. The third-order valence-corrected chi connectivity index (χ3v) is 3.76. The van der Waals surface area contributed by atoms with Crippen LogP contribution in [0.25, 0.3) is 5.32 Å². The summed E-state index contributed by atoms with van der Waals surface area (Å²) in [6.07, 6.45) is 3.47. The van der Waals surface area contributed by atoms with Crippen molar-refractivity contribution in [2.24, 2.45) is 5.41 Å². The zero-order valence-corrected chi connectivity index (χ0v) is 14.0. The molecule has 1 aliphatic carbocycles. The molecular weight excluding hydrogens is 299 g/mol. The van der Waals surface area contributed by atoms with Gasteiger partial charge < -0.3 is 17.0 Å². The second kappa shape index (κ2) is 6.30. The smallest absolute Gasteiger partial charge is 0.0267 e. The summed E-state index contributed by atoms with van der Waals surface area (Å²) < 4.78 is 0. The summed E-state index contributed by atoms with van der Waals surface area (Å²) in [6, 6.07) is 6.56. The van der Waals surface area contributed by atoms with Crippen molar-refractivity contribution in [3.63, 3.8) is 0 Å². The maximum absolute atomic E-state index is 11.8. The van der Waals surface area contributed by atoms with Gasteiger partial charge in [-0.1, -0.05) is 36.6 Å². The molecule has 1 atom stereocenters. The quantitative estimate of drug-likeness (QED) is 0.578. The Balaban J connectivity index is 0.00000162. The van der Waals surface area contributed by atoms with E-state index in [1.165, 1.54) is 16.7 Å². The molecule has 0 saturated carbocycles. The maximum Gasteiger partial charge on any atom is 0.0267 e. The summed E-state index contributed by atoms with van der Waals surface area (Å²) in [5.41, 5.74) is 3.51. The van der Waals surface area contributed by atoms with Crippen LogP contribution >= 0.6 is 0 Å². The molecule has 0 heterocycles.